The van der Waals surface area contributed by atoms with E-state index >= 15 is 0 Å². The van der Waals surface area contributed by atoms with E-state index in [1.54, 1.807) is 32.9 Å². The first-order valence-electron chi connectivity index (χ1n) is 15.0. The van der Waals surface area contributed by atoms with Gasteiger partial charge in [0.2, 0.25) is 5.89 Å². The highest BCUT2D eigenvalue weighted by Crippen LogP contribution is 2.35. The molecule has 1 amide bonds. The lowest BCUT2D eigenvalue weighted by atomic mass is 10.1. The highest BCUT2D eigenvalue weighted by Gasteiger charge is 2.37. The van der Waals surface area contributed by atoms with E-state index in [-0.39, 0.29) is 41.5 Å². The van der Waals surface area contributed by atoms with Crippen molar-refractivity contribution >= 4 is 23.1 Å². The van der Waals surface area contributed by atoms with E-state index in [4.69, 9.17) is 23.4 Å². The van der Waals surface area contributed by atoms with Gasteiger partial charge in [-0.2, -0.15) is 9.97 Å². The number of hydrogen-bond acceptors (Lipinski definition) is 10. The molecule has 0 radical (unpaired) electrons. The Morgan fingerprint density at radius 2 is 1.78 bits per heavy atom. The number of rotatable bonds is 10. The summed E-state index contributed by atoms with van der Waals surface area (Å²) in [6, 6.07) is 5.43. The molecular weight excluding hydrogens is 602 g/mol. The van der Waals surface area contributed by atoms with Crippen LogP contribution in [0, 0.1) is 25.5 Å². The van der Waals surface area contributed by atoms with Gasteiger partial charge in [0.25, 0.3) is 17.5 Å². The monoisotopic (exact) mass is 638 g/mol. The molecule has 2 aromatic carbocycles. The molecule has 0 N–H and O–H groups in total. The lowest BCUT2D eigenvalue weighted by Gasteiger charge is -2.27. The van der Waals surface area contributed by atoms with Gasteiger partial charge in [-0.05, 0) is 89.3 Å². The molecule has 4 aromatic rings. The average Bonchev–Trinajstić information content (AvgIpc) is 3.64. The molecule has 0 unspecified atom stereocenters. The summed E-state index contributed by atoms with van der Waals surface area (Å²) in [5.74, 6) is -1.82. The Balaban J connectivity index is 1.36. The fourth-order valence-corrected chi connectivity index (χ4v) is 5.10. The van der Waals surface area contributed by atoms with Crippen molar-refractivity contribution in [1.29, 1.82) is 0 Å². The number of halogens is 2. The minimum absolute atomic E-state index is 0.0225. The summed E-state index contributed by atoms with van der Waals surface area (Å²) in [4.78, 5) is 40.3. The van der Waals surface area contributed by atoms with E-state index < -0.39 is 35.0 Å². The Kier molecular flexibility index (Phi) is 9.40. The first-order chi connectivity index (χ1) is 21.8. The first kappa shape index (κ1) is 32.6. The maximum Gasteiger partial charge on any atom is 0.329 e. The van der Waals surface area contributed by atoms with E-state index in [1.165, 1.54) is 4.90 Å². The third kappa shape index (κ3) is 7.35. The summed E-state index contributed by atoms with van der Waals surface area (Å²) in [5, 5.41) is 0. The van der Waals surface area contributed by atoms with Crippen LogP contribution in [0.5, 0.6) is 23.4 Å². The zero-order chi connectivity index (χ0) is 33.2. The number of benzene rings is 2. The number of esters is 1. The summed E-state index contributed by atoms with van der Waals surface area (Å²) in [6.45, 7) is 11.5. The minimum Gasteiger partial charge on any atom is -0.483 e. The predicted octanol–water partition coefficient (Wildman–Crippen LogP) is 6.47. The standard InChI is InChI=1S/C33H36F2N4O7/c1-7-13-42-29-26-30(38-32(37-29)44-24-16-21(34)10-11-22(24)35)45-28(36-26)20-14-18(2)27(19(3)15-20)43-17-25(40)39-12-8-9-23(39)31(41)46-33(4,5)6/h10-11,14-16,23H,7-9,12-13,17H2,1-6H3/t23-/m0/s1. The second-order valence-electron chi connectivity index (χ2n) is 12.0. The summed E-state index contributed by atoms with van der Waals surface area (Å²) in [5.41, 5.74) is 1.63. The molecule has 0 bridgehead atoms. The molecule has 2 aromatic heterocycles. The van der Waals surface area contributed by atoms with Crippen LogP contribution in [0.15, 0.2) is 34.7 Å². The zero-order valence-corrected chi connectivity index (χ0v) is 26.6. The Morgan fingerprint density at radius 1 is 1.04 bits per heavy atom. The number of aryl methyl sites for hydroxylation is 2. The van der Waals surface area contributed by atoms with Gasteiger partial charge in [0.15, 0.2) is 23.7 Å². The predicted molar refractivity (Wildman–Crippen MR) is 163 cm³/mol. The van der Waals surface area contributed by atoms with Crippen LogP contribution in [0.2, 0.25) is 0 Å². The highest BCUT2D eigenvalue weighted by atomic mass is 19.1. The van der Waals surface area contributed by atoms with Crippen molar-refractivity contribution in [3.05, 3.63) is 53.1 Å². The highest BCUT2D eigenvalue weighted by molar-refractivity contribution is 5.86. The summed E-state index contributed by atoms with van der Waals surface area (Å²) >= 11 is 0. The molecule has 5 rings (SSSR count). The molecule has 0 saturated carbocycles. The summed E-state index contributed by atoms with van der Waals surface area (Å²) in [6.07, 6.45) is 1.92. The van der Waals surface area contributed by atoms with Gasteiger partial charge in [0, 0.05) is 18.2 Å². The molecule has 1 saturated heterocycles. The fraction of sp³-hybridized carbons (Fsp3) is 0.424. The van der Waals surface area contributed by atoms with Crippen molar-refractivity contribution in [1.82, 2.24) is 19.9 Å². The number of likely N-dealkylation sites (tertiary alicyclic amines) is 1. The lowest BCUT2D eigenvalue weighted by molar-refractivity contribution is -0.163. The smallest absolute Gasteiger partial charge is 0.329 e. The zero-order valence-electron chi connectivity index (χ0n) is 26.6. The van der Waals surface area contributed by atoms with E-state index in [1.807, 2.05) is 20.8 Å². The number of nitrogens with zero attached hydrogens (tertiary/aromatic N) is 4. The maximum absolute atomic E-state index is 14.2. The number of carbonyl (C=O) groups excluding carboxylic acids is 2. The molecule has 3 heterocycles. The van der Waals surface area contributed by atoms with Crippen LogP contribution in [0.3, 0.4) is 0 Å². The van der Waals surface area contributed by atoms with Crippen molar-refractivity contribution in [3.8, 4) is 34.8 Å². The molecule has 1 fully saturated rings. The quantitative estimate of drug-likeness (QED) is 0.178. The molecule has 11 nitrogen and oxygen atoms in total. The molecule has 244 valence electrons. The average molecular weight is 639 g/mol. The van der Waals surface area contributed by atoms with Crippen molar-refractivity contribution in [2.75, 3.05) is 19.8 Å². The van der Waals surface area contributed by atoms with Crippen LogP contribution in [-0.4, -0.2) is 63.1 Å². The van der Waals surface area contributed by atoms with Gasteiger partial charge in [0.05, 0.1) is 6.61 Å². The molecule has 1 atom stereocenters. The van der Waals surface area contributed by atoms with Crippen molar-refractivity contribution in [2.24, 2.45) is 0 Å². The number of carbonyl (C=O) groups is 2. The number of amides is 1. The minimum atomic E-state index is -0.794. The first-order valence-corrected chi connectivity index (χ1v) is 15.0. The van der Waals surface area contributed by atoms with E-state index in [0.29, 0.717) is 54.9 Å². The SMILES string of the molecule is CCCOc1nc(Oc2cc(F)ccc2F)nc2oc(-c3cc(C)c(OCC(=O)N4CCC[C@H]4C(=O)OC(C)(C)C)c(C)c3)nc12. The molecule has 0 spiro atoms. The van der Waals surface area contributed by atoms with Gasteiger partial charge in [0.1, 0.15) is 23.2 Å². The molecule has 1 aliphatic heterocycles. The Hall–Kier alpha value is -4.81. The van der Waals surface area contributed by atoms with Gasteiger partial charge in [-0.15, -0.1) is 0 Å². The van der Waals surface area contributed by atoms with Crippen molar-refractivity contribution in [2.45, 2.75) is 72.4 Å². The van der Waals surface area contributed by atoms with Crippen LogP contribution >= 0.6 is 0 Å². The number of oxazole rings is 1. The number of hydrogen-bond donors (Lipinski definition) is 0. The summed E-state index contributed by atoms with van der Waals surface area (Å²) < 4.78 is 56.5. The van der Waals surface area contributed by atoms with Gasteiger partial charge in [-0.1, -0.05) is 6.92 Å². The largest absolute Gasteiger partial charge is 0.483 e. The molecule has 13 heteroatoms. The fourth-order valence-electron chi connectivity index (χ4n) is 5.10. The van der Waals surface area contributed by atoms with Gasteiger partial charge < -0.3 is 28.3 Å². The Labute approximate surface area is 264 Å². The second-order valence-corrected chi connectivity index (χ2v) is 12.0. The maximum atomic E-state index is 14.2. The third-order valence-electron chi connectivity index (χ3n) is 7.04. The van der Waals surface area contributed by atoms with Crippen LogP contribution < -0.4 is 14.2 Å². The lowest BCUT2D eigenvalue weighted by Crippen LogP contribution is -2.45. The normalized spacial score (nSPS) is 14.9. The van der Waals surface area contributed by atoms with Crippen molar-refractivity contribution < 1.29 is 41.7 Å². The Morgan fingerprint density at radius 3 is 2.48 bits per heavy atom. The molecule has 1 aliphatic rings. The van der Waals surface area contributed by atoms with Gasteiger partial charge in [-0.3, -0.25) is 4.79 Å². The number of ether oxygens (including phenoxy) is 4. The van der Waals surface area contributed by atoms with Crippen LogP contribution in [0.4, 0.5) is 8.78 Å². The molecule has 46 heavy (non-hydrogen) atoms. The van der Waals surface area contributed by atoms with Crippen molar-refractivity contribution in [3.63, 3.8) is 0 Å². The van der Waals surface area contributed by atoms with Gasteiger partial charge >= 0.3 is 12.0 Å². The number of aromatic nitrogens is 3. The van der Waals surface area contributed by atoms with Crippen LogP contribution in [0.25, 0.3) is 22.7 Å². The topological polar surface area (TPSA) is 126 Å². The van der Waals surface area contributed by atoms with Crippen LogP contribution in [0.1, 0.15) is 58.1 Å². The van der Waals surface area contributed by atoms with E-state index in [2.05, 4.69) is 15.0 Å². The summed E-state index contributed by atoms with van der Waals surface area (Å²) in [7, 11) is 0. The number of fused-ring (bicyclic) bond motifs is 1. The van der Waals surface area contributed by atoms with E-state index in [0.717, 1.165) is 18.2 Å². The second kappa shape index (κ2) is 13.3. The third-order valence-corrected chi connectivity index (χ3v) is 7.04. The van der Waals surface area contributed by atoms with Gasteiger partial charge in [-0.25, -0.2) is 18.6 Å². The molecular formula is C33H36F2N4O7. The van der Waals surface area contributed by atoms with Crippen LogP contribution in [-0.2, 0) is 14.3 Å². The Bertz CT molecular complexity index is 1750. The van der Waals surface area contributed by atoms with E-state index in [9.17, 15) is 18.4 Å². The molecule has 0 aliphatic carbocycles.